The number of halogens is 1. The monoisotopic (exact) mass is 288 g/mol. The van der Waals surface area contributed by atoms with E-state index in [0.717, 1.165) is 29.9 Å². The molecule has 3 rings (SSSR count). The van der Waals surface area contributed by atoms with Crippen molar-refractivity contribution in [3.63, 3.8) is 0 Å². The zero-order valence-corrected chi connectivity index (χ0v) is 13.0. The fourth-order valence-corrected chi connectivity index (χ4v) is 3.49. The Hall–Kier alpha value is -1.28. The first-order valence-electron chi connectivity index (χ1n) is 7.56. The number of aryl methyl sites for hydroxylation is 2. The van der Waals surface area contributed by atoms with Crippen molar-refractivity contribution in [2.45, 2.75) is 46.0 Å². The fourth-order valence-electron chi connectivity index (χ4n) is 3.17. The second-order valence-electron chi connectivity index (χ2n) is 5.65. The van der Waals surface area contributed by atoms with E-state index in [1.807, 2.05) is 6.07 Å². The second kappa shape index (κ2) is 5.61. The summed E-state index contributed by atoms with van der Waals surface area (Å²) in [5.41, 5.74) is 6.07. The number of pyridine rings is 1. The van der Waals surface area contributed by atoms with Crippen LogP contribution in [0.15, 0.2) is 12.1 Å². The second-order valence-corrected chi connectivity index (χ2v) is 6.05. The van der Waals surface area contributed by atoms with Crippen LogP contribution in [0.25, 0.3) is 10.9 Å². The molecule has 20 heavy (non-hydrogen) atoms. The quantitative estimate of drug-likeness (QED) is 0.795. The van der Waals surface area contributed by atoms with Crippen LogP contribution in [0.4, 0.5) is 5.69 Å². The predicted molar refractivity (Wildman–Crippen MR) is 86.9 cm³/mol. The van der Waals surface area contributed by atoms with Crippen molar-refractivity contribution in [2.24, 2.45) is 0 Å². The van der Waals surface area contributed by atoms with Crippen LogP contribution in [-0.2, 0) is 12.8 Å². The molecule has 0 bridgehead atoms. The van der Waals surface area contributed by atoms with Crippen molar-refractivity contribution in [1.29, 1.82) is 0 Å². The smallest absolute Gasteiger partial charge is 0.0912 e. The number of aromatic nitrogens is 1. The third-order valence-electron chi connectivity index (χ3n) is 4.07. The lowest BCUT2D eigenvalue weighted by atomic mass is 10.0. The molecule has 3 heteroatoms. The van der Waals surface area contributed by atoms with Gasteiger partial charge in [0.05, 0.1) is 10.5 Å². The van der Waals surface area contributed by atoms with Gasteiger partial charge in [0.15, 0.2) is 0 Å². The molecule has 0 spiro atoms. The van der Waals surface area contributed by atoms with Crippen LogP contribution in [-0.4, -0.2) is 11.5 Å². The highest BCUT2D eigenvalue weighted by molar-refractivity contribution is 6.35. The standard InChI is InChI=1S/C17H21ClN2/c1-3-19-16-12-7-5-4-6-8-15(12)20-17-13(16)9-11(2)10-14(17)18/h9-10H,3-8H2,1-2H3,(H,19,20). The zero-order valence-electron chi connectivity index (χ0n) is 12.2. The average Bonchev–Trinajstić information content (AvgIpc) is 2.65. The Kier molecular flexibility index (Phi) is 3.84. The van der Waals surface area contributed by atoms with E-state index in [-0.39, 0.29) is 0 Å². The van der Waals surface area contributed by atoms with Gasteiger partial charge in [-0.25, -0.2) is 0 Å². The first-order valence-corrected chi connectivity index (χ1v) is 7.94. The summed E-state index contributed by atoms with van der Waals surface area (Å²) in [7, 11) is 0. The van der Waals surface area contributed by atoms with Gasteiger partial charge in [0.25, 0.3) is 0 Å². The lowest BCUT2D eigenvalue weighted by molar-refractivity contribution is 0.709. The minimum absolute atomic E-state index is 0.770. The van der Waals surface area contributed by atoms with Crippen molar-refractivity contribution < 1.29 is 0 Å². The van der Waals surface area contributed by atoms with E-state index in [1.165, 1.54) is 47.2 Å². The predicted octanol–water partition coefficient (Wildman–Crippen LogP) is 4.90. The largest absolute Gasteiger partial charge is 0.384 e. The summed E-state index contributed by atoms with van der Waals surface area (Å²) >= 11 is 6.43. The highest BCUT2D eigenvalue weighted by atomic mass is 35.5. The summed E-state index contributed by atoms with van der Waals surface area (Å²) < 4.78 is 0. The third kappa shape index (κ3) is 2.37. The van der Waals surface area contributed by atoms with Crippen LogP contribution in [0.5, 0.6) is 0 Å². The van der Waals surface area contributed by atoms with E-state index < -0.39 is 0 Å². The van der Waals surface area contributed by atoms with Gasteiger partial charge in [-0.3, -0.25) is 4.98 Å². The molecule has 1 aromatic carbocycles. The van der Waals surface area contributed by atoms with Crippen LogP contribution < -0.4 is 5.32 Å². The molecular weight excluding hydrogens is 268 g/mol. The number of fused-ring (bicyclic) bond motifs is 2. The lowest BCUT2D eigenvalue weighted by Gasteiger charge is -2.17. The Balaban J connectivity index is 2.33. The summed E-state index contributed by atoms with van der Waals surface area (Å²) in [5.74, 6) is 0. The zero-order chi connectivity index (χ0) is 14.1. The molecule has 0 amide bonds. The molecule has 1 aliphatic carbocycles. The van der Waals surface area contributed by atoms with E-state index in [4.69, 9.17) is 16.6 Å². The molecule has 1 aromatic heterocycles. The maximum absolute atomic E-state index is 6.43. The summed E-state index contributed by atoms with van der Waals surface area (Å²) in [4.78, 5) is 4.89. The van der Waals surface area contributed by atoms with Gasteiger partial charge in [-0.15, -0.1) is 0 Å². The number of rotatable bonds is 2. The summed E-state index contributed by atoms with van der Waals surface area (Å²) in [6, 6.07) is 4.22. The number of hydrogen-bond donors (Lipinski definition) is 1. The van der Waals surface area contributed by atoms with E-state index in [2.05, 4.69) is 25.2 Å². The molecule has 106 valence electrons. The van der Waals surface area contributed by atoms with Gasteiger partial charge in [0, 0.05) is 23.3 Å². The molecule has 0 unspecified atom stereocenters. The van der Waals surface area contributed by atoms with Gasteiger partial charge in [0.1, 0.15) is 0 Å². The summed E-state index contributed by atoms with van der Waals surface area (Å²) in [5, 5.41) is 5.51. The van der Waals surface area contributed by atoms with Crippen LogP contribution in [0.3, 0.4) is 0 Å². The van der Waals surface area contributed by atoms with Gasteiger partial charge in [0.2, 0.25) is 0 Å². The van der Waals surface area contributed by atoms with Gasteiger partial charge < -0.3 is 5.32 Å². The van der Waals surface area contributed by atoms with Crippen molar-refractivity contribution in [1.82, 2.24) is 4.98 Å². The number of benzene rings is 1. The Morgan fingerprint density at radius 3 is 2.80 bits per heavy atom. The van der Waals surface area contributed by atoms with Crippen LogP contribution >= 0.6 is 11.6 Å². The third-order valence-corrected chi connectivity index (χ3v) is 4.36. The molecule has 0 saturated heterocycles. The summed E-state index contributed by atoms with van der Waals surface area (Å²) in [6.07, 6.45) is 6.00. The van der Waals surface area contributed by atoms with Gasteiger partial charge in [-0.05, 0) is 62.8 Å². The molecule has 0 fully saturated rings. The molecule has 0 radical (unpaired) electrons. The molecule has 0 atom stereocenters. The van der Waals surface area contributed by atoms with Gasteiger partial charge >= 0.3 is 0 Å². The number of nitrogens with zero attached hydrogens (tertiary/aromatic N) is 1. The van der Waals surface area contributed by atoms with Crippen molar-refractivity contribution in [2.75, 3.05) is 11.9 Å². The lowest BCUT2D eigenvalue weighted by Crippen LogP contribution is -2.07. The van der Waals surface area contributed by atoms with Gasteiger partial charge in [-0.1, -0.05) is 18.0 Å². The Labute approximate surface area is 125 Å². The van der Waals surface area contributed by atoms with Crippen molar-refractivity contribution >= 4 is 28.2 Å². The molecule has 2 aromatic rings. The Morgan fingerprint density at radius 2 is 2.00 bits per heavy atom. The highest BCUT2D eigenvalue weighted by Gasteiger charge is 2.18. The number of hydrogen-bond acceptors (Lipinski definition) is 2. The van der Waals surface area contributed by atoms with E-state index in [0.29, 0.717) is 0 Å². The summed E-state index contributed by atoms with van der Waals surface area (Å²) in [6.45, 7) is 5.16. The molecule has 2 nitrogen and oxygen atoms in total. The molecular formula is C17H21ClN2. The van der Waals surface area contributed by atoms with Crippen LogP contribution in [0.2, 0.25) is 5.02 Å². The van der Waals surface area contributed by atoms with Crippen molar-refractivity contribution in [3.8, 4) is 0 Å². The highest BCUT2D eigenvalue weighted by Crippen LogP contribution is 2.36. The van der Waals surface area contributed by atoms with Gasteiger partial charge in [-0.2, -0.15) is 0 Å². The minimum Gasteiger partial charge on any atom is -0.384 e. The first kappa shape index (κ1) is 13.7. The van der Waals surface area contributed by atoms with E-state index in [9.17, 15) is 0 Å². The number of nitrogens with one attached hydrogen (secondary N) is 1. The molecule has 1 aliphatic rings. The molecule has 1 heterocycles. The maximum Gasteiger partial charge on any atom is 0.0912 e. The topological polar surface area (TPSA) is 24.9 Å². The SMILES string of the molecule is CCNc1c2c(nc3c(Cl)cc(C)cc13)CCCCC2. The van der Waals surface area contributed by atoms with Crippen LogP contribution in [0, 0.1) is 6.92 Å². The number of anilines is 1. The average molecular weight is 289 g/mol. The Bertz CT molecular complexity index is 649. The first-order chi connectivity index (χ1) is 9.70. The molecule has 0 aliphatic heterocycles. The Morgan fingerprint density at radius 1 is 1.20 bits per heavy atom. The maximum atomic E-state index is 6.43. The van der Waals surface area contributed by atoms with Crippen LogP contribution in [0.1, 0.15) is 43.0 Å². The molecule has 1 N–H and O–H groups in total. The van der Waals surface area contributed by atoms with Crippen molar-refractivity contribution in [3.05, 3.63) is 34.0 Å². The molecule has 0 saturated carbocycles. The minimum atomic E-state index is 0.770. The van der Waals surface area contributed by atoms with E-state index in [1.54, 1.807) is 0 Å². The van der Waals surface area contributed by atoms with E-state index >= 15 is 0 Å². The normalized spacial score (nSPS) is 14.9. The fraction of sp³-hybridized carbons (Fsp3) is 0.471.